The highest BCUT2D eigenvalue weighted by molar-refractivity contribution is 5.42. The fourth-order valence-electron chi connectivity index (χ4n) is 1.95. The summed E-state index contributed by atoms with van der Waals surface area (Å²) in [5.74, 6) is 1.35. The smallest absolute Gasteiger partial charge is 0.147 e. The molecule has 0 aliphatic heterocycles. The molecule has 108 valence electrons. The lowest BCUT2D eigenvalue weighted by Crippen LogP contribution is -2.09. The zero-order valence-electron chi connectivity index (χ0n) is 12.0. The molecular weight excluding hydrogens is 266 g/mol. The van der Waals surface area contributed by atoms with Gasteiger partial charge in [0.1, 0.15) is 29.9 Å². The normalized spacial score (nSPS) is 11.5. The minimum absolute atomic E-state index is 0.157. The van der Waals surface area contributed by atoms with Crippen LogP contribution in [0, 0.1) is 11.3 Å². The third-order valence-corrected chi connectivity index (χ3v) is 3.09. The Kier molecular flexibility index (Phi) is 4.75. The molecule has 0 spiro atoms. The summed E-state index contributed by atoms with van der Waals surface area (Å²) < 4.78 is 11.0. The minimum Gasteiger partial charge on any atom is -0.497 e. The molecular formula is C16H17N3O2. The molecule has 0 radical (unpaired) electrons. The molecule has 0 amide bonds. The van der Waals surface area contributed by atoms with Gasteiger partial charge in [-0.05, 0) is 19.1 Å². The van der Waals surface area contributed by atoms with Gasteiger partial charge < -0.3 is 15.2 Å². The summed E-state index contributed by atoms with van der Waals surface area (Å²) in [6.07, 6.45) is 1.58. The van der Waals surface area contributed by atoms with Gasteiger partial charge in [0.25, 0.3) is 0 Å². The van der Waals surface area contributed by atoms with E-state index in [2.05, 4.69) is 11.1 Å². The molecule has 0 saturated heterocycles. The fourth-order valence-corrected chi connectivity index (χ4v) is 1.95. The van der Waals surface area contributed by atoms with Crippen LogP contribution < -0.4 is 15.2 Å². The lowest BCUT2D eigenvalue weighted by Gasteiger charge is -2.15. The Morgan fingerprint density at radius 1 is 1.38 bits per heavy atom. The number of nitriles is 1. The molecule has 5 heteroatoms. The maximum absolute atomic E-state index is 9.03. The van der Waals surface area contributed by atoms with Gasteiger partial charge in [0, 0.05) is 29.4 Å². The number of rotatable bonds is 5. The van der Waals surface area contributed by atoms with Crippen LogP contribution in [-0.4, -0.2) is 12.1 Å². The van der Waals surface area contributed by atoms with Crippen molar-refractivity contribution >= 4 is 0 Å². The molecule has 1 aromatic heterocycles. The number of aromatic nitrogens is 1. The lowest BCUT2D eigenvalue weighted by molar-refractivity contribution is 0.298. The number of benzene rings is 1. The average Bonchev–Trinajstić information content (AvgIpc) is 2.52. The molecule has 2 aromatic rings. The number of hydrogen-bond donors (Lipinski definition) is 1. The summed E-state index contributed by atoms with van der Waals surface area (Å²) in [6, 6.07) is 11.0. The van der Waals surface area contributed by atoms with Crippen molar-refractivity contribution in [1.29, 1.82) is 5.26 Å². The summed E-state index contributed by atoms with van der Waals surface area (Å²) >= 11 is 0. The first-order valence-electron chi connectivity index (χ1n) is 6.56. The molecule has 0 aliphatic rings. The van der Waals surface area contributed by atoms with Crippen molar-refractivity contribution < 1.29 is 9.47 Å². The first kappa shape index (κ1) is 14.8. The molecule has 5 nitrogen and oxygen atoms in total. The molecule has 1 heterocycles. The monoisotopic (exact) mass is 283 g/mol. The van der Waals surface area contributed by atoms with Crippen molar-refractivity contribution in [1.82, 2.24) is 4.98 Å². The summed E-state index contributed by atoms with van der Waals surface area (Å²) in [5, 5.41) is 9.03. The molecule has 0 bridgehead atoms. The van der Waals surface area contributed by atoms with E-state index in [0.29, 0.717) is 17.2 Å². The molecule has 0 saturated carbocycles. The van der Waals surface area contributed by atoms with Crippen LogP contribution in [0.2, 0.25) is 0 Å². The van der Waals surface area contributed by atoms with Crippen molar-refractivity contribution in [3.63, 3.8) is 0 Å². The van der Waals surface area contributed by atoms with Gasteiger partial charge in [-0.15, -0.1) is 0 Å². The first-order chi connectivity index (χ1) is 10.2. The highest BCUT2D eigenvalue weighted by atomic mass is 16.5. The van der Waals surface area contributed by atoms with E-state index in [1.807, 2.05) is 25.1 Å². The van der Waals surface area contributed by atoms with Crippen molar-refractivity contribution in [3.05, 3.63) is 53.3 Å². The maximum Gasteiger partial charge on any atom is 0.147 e. The second-order valence-electron chi connectivity index (χ2n) is 4.60. The number of hydrogen-bond acceptors (Lipinski definition) is 5. The standard InChI is InChI=1S/C16H17N3O2/c1-11(18)14-6-5-13(20-2)8-16(14)21-10-12-4-3-7-19-15(12)9-17/h3-8,11H,10,18H2,1-2H3/t11-/m0/s1. The van der Waals surface area contributed by atoms with Crippen molar-refractivity contribution in [2.24, 2.45) is 5.73 Å². The number of methoxy groups -OCH3 is 1. The van der Waals surface area contributed by atoms with E-state index in [9.17, 15) is 0 Å². The second-order valence-corrected chi connectivity index (χ2v) is 4.60. The van der Waals surface area contributed by atoms with E-state index in [0.717, 1.165) is 11.1 Å². The molecule has 0 aliphatic carbocycles. The third-order valence-electron chi connectivity index (χ3n) is 3.09. The van der Waals surface area contributed by atoms with Crippen LogP contribution in [0.3, 0.4) is 0 Å². The van der Waals surface area contributed by atoms with Gasteiger partial charge in [-0.25, -0.2) is 4.98 Å². The van der Waals surface area contributed by atoms with E-state index in [4.69, 9.17) is 20.5 Å². The zero-order valence-corrected chi connectivity index (χ0v) is 12.0. The minimum atomic E-state index is -0.157. The van der Waals surface area contributed by atoms with Crippen LogP contribution in [-0.2, 0) is 6.61 Å². The van der Waals surface area contributed by atoms with Crippen molar-refractivity contribution in [2.75, 3.05) is 7.11 Å². The van der Waals surface area contributed by atoms with Gasteiger partial charge in [0.15, 0.2) is 0 Å². The highest BCUT2D eigenvalue weighted by Gasteiger charge is 2.11. The van der Waals surface area contributed by atoms with E-state index < -0.39 is 0 Å². The van der Waals surface area contributed by atoms with Gasteiger partial charge >= 0.3 is 0 Å². The molecule has 1 aromatic carbocycles. The predicted octanol–water partition coefficient (Wildman–Crippen LogP) is 2.56. The van der Waals surface area contributed by atoms with E-state index in [-0.39, 0.29) is 12.6 Å². The van der Waals surface area contributed by atoms with E-state index in [1.54, 1.807) is 25.4 Å². The first-order valence-corrected chi connectivity index (χ1v) is 6.56. The lowest BCUT2D eigenvalue weighted by atomic mass is 10.1. The average molecular weight is 283 g/mol. The van der Waals surface area contributed by atoms with E-state index in [1.165, 1.54) is 0 Å². The van der Waals surface area contributed by atoms with Crippen LogP contribution >= 0.6 is 0 Å². The SMILES string of the molecule is COc1ccc([C@H](C)N)c(OCc2cccnc2C#N)c1. The summed E-state index contributed by atoms with van der Waals surface area (Å²) in [7, 11) is 1.60. The van der Waals surface area contributed by atoms with Gasteiger partial charge in [-0.2, -0.15) is 5.26 Å². The largest absolute Gasteiger partial charge is 0.497 e. The predicted molar refractivity (Wildman–Crippen MR) is 78.9 cm³/mol. The van der Waals surface area contributed by atoms with Crippen LogP contribution in [0.1, 0.15) is 29.8 Å². The quantitative estimate of drug-likeness (QED) is 0.912. The molecule has 0 fully saturated rings. The number of pyridine rings is 1. The highest BCUT2D eigenvalue weighted by Crippen LogP contribution is 2.29. The Morgan fingerprint density at radius 2 is 2.19 bits per heavy atom. The maximum atomic E-state index is 9.03. The van der Waals surface area contributed by atoms with Crippen molar-refractivity contribution in [2.45, 2.75) is 19.6 Å². The van der Waals surface area contributed by atoms with Crippen LogP contribution in [0.5, 0.6) is 11.5 Å². The molecule has 2 N–H and O–H groups in total. The topological polar surface area (TPSA) is 81.2 Å². The van der Waals surface area contributed by atoms with Crippen molar-refractivity contribution in [3.8, 4) is 17.6 Å². The molecule has 1 atom stereocenters. The fraction of sp³-hybridized carbons (Fsp3) is 0.250. The zero-order chi connectivity index (χ0) is 15.2. The Labute approximate surface area is 123 Å². The Bertz CT molecular complexity index is 663. The van der Waals surface area contributed by atoms with Crippen LogP contribution in [0.4, 0.5) is 0 Å². The van der Waals surface area contributed by atoms with Gasteiger partial charge in [-0.3, -0.25) is 0 Å². The van der Waals surface area contributed by atoms with E-state index >= 15 is 0 Å². The molecule has 2 rings (SSSR count). The second kappa shape index (κ2) is 6.73. The number of nitrogens with two attached hydrogens (primary N) is 1. The molecule has 21 heavy (non-hydrogen) atoms. The van der Waals surface area contributed by atoms with Gasteiger partial charge in [0.05, 0.1) is 7.11 Å². The Morgan fingerprint density at radius 3 is 2.86 bits per heavy atom. The summed E-state index contributed by atoms with van der Waals surface area (Å²) in [6.45, 7) is 2.14. The number of ether oxygens (including phenoxy) is 2. The van der Waals surface area contributed by atoms with Crippen LogP contribution in [0.15, 0.2) is 36.5 Å². The summed E-state index contributed by atoms with van der Waals surface area (Å²) in [4.78, 5) is 4.01. The Hall–Kier alpha value is -2.58. The summed E-state index contributed by atoms with van der Waals surface area (Å²) in [5.41, 5.74) is 7.93. The van der Waals surface area contributed by atoms with Gasteiger partial charge in [0.2, 0.25) is 0 Å². The van der Waals surface area contributed by atoms with Gasteiger partial charge in [-0.1, -0.05) is 12.1 Å². The third kappa shape index (κ3) is 3.50. The molecule has 0 unspecified atom stereocenters. The number of nitrogens with zero attached hydrogens (tertiary/aromatic N) is 2. The Balaban J connectivity index is 2.25. The van der Waals surface area contributed by atoms with Crippen LogP contribution in [0.25, 0.3) is 0 Å².